The van der Waals surface area contributed by atoms with Crippen LogP contribution < -0.4 is 5.32 Å². The second-order valence-electron chi connectivity index (χ2n) is 7.45. The van der Waals surface area contributed by atoms with Gasteiger partial charge in [0.2, 0.25) is 15.9 Å². The van der Waals surface area contributed by atoms with Crippen molar-refractivity contribution in [2.45, 2.75) is 56.4 Å². The summed E-state index contributed by atoms with van der Waals surface area (Å²) >= 11 is 0. The highest BCUT2D eigenvalue weighted by atomic mass is 32.2. The van der Waals surface area contributed by atoms with Gasteiger partial charge in [-0.3, -0.25) is 4.79 Å². The van der Waals surface area contributed by atoms with Crippen LogP contribution >= 0.6 is 0 Å². The molecule has 2 aliphatic heterocycles. The van der Waals surface area contributed by atoms with Gasteiger partial charge >= 0.3 is 0 Å². The maximum absolute atomic E-state index is 13.0. The molecule has 2 heterocycles. The number of nitrogens with one attached hydrogen (secondary N) is 1. The minimum Gasteiger partial charge on any atom is -0.378 e. The van der Waals surface area contributed by atoms with Crippen molar-refractivity contribution in [3.8, 4) is 0 Å². The van der Waals surface area contributed by atoms with Gasteiger partial charge < -0.3 is 14.8 Å². The lowest BCUT2D eigenvalue weighted by molar-refractivity contribution is -0.117. The quantitative estimate of drug-likeness (QED) is 0.666. The highest BCUT2D eigenvalue weighted by Crippen LogP contribution is 2.26. The van der Waals surface area contributed by atoms with Crippen molar-refractivity contribution in [1.82, 2.24) is 4.31 Å². The largest absolute Gasteiger partial charge is 0.378 e. The lowest BCUT2D eigenvalue weighted by atomic mass is 10.2. The molecule has 28 heavy (non-hydrogen) atoms. The summed E-state index contributed by atoms with van der Waals surface area (Å²) in [5.41, 5.74) is 1.17. The van der Waals surface area contributed by atoms with Crippen LogP contribution in [0.15, 0.2) is 23.1 Å². The number of aryl methyl sites for hydroxylation is 1. The third-order valence-corrected chi connectivity index (χ3v) is 7.25. The summed E-state index contributed by atoms with van der Waals surface area (Å²) in [6.45, 7) is 4.50. The molecule has 0 aliphatic carbocycles. The van der Waals surface area contributed by atoms with Crippen LogP contribution in [-0.4, -0.2) is 57.6 Å². The topological polar surface area (TPSA) is 84.9 Å². The number of hydrogen-bond acceptors (Lipinski definition) is 5. The molecule has 8 heteroatoms. The number of carbonyl (C=O) groups excluding carboxylic acids is 1. The molecule has 1 N–H and O–H groups in total. The van der Waals surface area contributed by atoms with E-state index in [0.29, 0.717) is 37.6 Å². The van der Waals surface area contributed by atoms with Gasteiger partial charge in [-0.05, 0) is 50.3 Å². The third-order valence-electron chi connectivity index (χ3n) is 5.21. The van der Waals surface area contributed by atoms with E-state index in [1.807, 2.05) is 0 Å². The zero-order chi connectivity index (χ0) is 20.0. The summed E-state index contributed by atoms with van der Waals surface area (Å²) < 4.78 is 38.5. The first-order valence-electron chi connectivity index (χ1n) is 10.1. The van der Waals surface area contributed by atoms with Crippen molar-refractivity contribution >= 4 is 21.6 Å². The molecule has 1 aromatic rings. The van der Waals surface area contributed by atoms with Gasteiger partial charge in [0.05, 0.1) is 30.6 Å². The van der Waals surface area contributed by atoms with Crippen molar-refractivity contribution in [3.05, 3.63) is 23.8 Å². The Bertz CT molecular complexity index is 769. The summed E-state index contributed by atoms with van der Waals surface area (Å²) in [6, 6.07) is 5.03. The Morgan fingerprint density at radius 3 is 2.75 bits per heavy atom. The molecule has 0 saturated carbocycles. The maximum atomic E-state index is 13.0. The highest BCUT2D eigenvalue weighted by molar-refractivity contribution is 7.89. The smallest absolute Gasteiger partial charge is 0.243 e. The number of rotatable bonds is 8. The van der Waals surface area contributed by atoms with Crippen LogP contribution in [0.5, 0.6) is 0 Å². The Balaban J connectivity index is 1.55. The number of benzene rings is 1. The first-order valence-corrected chi connectivity index (χ1v) is 11.5. The first kappa shape index (κ1) is 21.2. The Labute approximate surface area is 167 Å². The van der Waals surface area contributed by atoms with Crippen LogP contribution in [0, 0.1) is 6.92 Å². The van der Waals surface area contributed by atoms with Gasteiger partial charge in [-0.25, -0.2) is 8.42 Å². The van der Waals surface area contributed by atoms with Crippen molar-refractivity contribution in [3.63, 3.8) is 0 Å². The molecular weight excluding hydrogens is 380 g/mol. The molecular formula is C20H30N2O5S. The Morgan fingerprint density at radius 2 is 2.04 bits per heavy atom. The number of hydrogen-bond donors (Lipinski definition) is 1. The number of sulfonamides is 1. The molecule has 2 saturated heterocycles. The zero-order valence-corrected chi connectivity index (χ0v) is 17.3. The molecule has 0 radical (unpaired) electrons. The van der Waals surface area contributed by atoms with Crippen molar-refractivity contribution in [2.75, 3.05) is 38.2 Å². The van der Waals surface area contributed by atoms with E-state index in [4.69, 9.17) is 9.47 Å². The van der Waals surface area contributed by atoms with E-state index in [1.54, 1.807) is 29.4 Å². The molecule has 1 amide bonds. The Morgan fingerprint density at radius 1 is 1.25 bits per heavy atom. The van der Waals surface area contributed by atoms with Crippen molar-refractivity contribution in [1.29, 1.82) is 0 Å². The number of anilines is 1. The molecule has 0 bridgehead atoms. The molecule has 2 fully saturated rings. The van der Waals surface area contributed by atoms with E-state index in [0.717, 1.165) is 38.7 Å². The van der Waals surface area contributed by atoms with Gasteiger partial charge in [0.25, 0.3) is 0 Å². The number of nitrogens with zero attached hydrogens (tertiary/aromatic N) is 1. The van der Waals surface area contributed by atoms with Gasteiger partial charge in [-0.15, -0.1) is 0 Å². The molecule has 156 valence electrons. The molecule has 0 aromatic heterocycles. The van der Waals surface area contributed by atoms with E-state index in [1.165, 1.54) is 0 Å². The monoisotopic (exact) mass is 410 g/mol. The van der Waals surface area contributed by atoms with Crippen LogP contribution in [0.4, 0.5) is 5.69 Å². The number of ether oxygens (including phenoxy) is 2. The molecule has 1 unspecified atom stereocenters. The van der Waals surface area contributed by atoms with Gasteiger partial charge in [-0.1, -0.05) is 12.5 Å². The predicted octanol–water partition coefficient (Wildman–Crippen LogP) is 2.69. The normalized spacial score (nSPS) is 21.0. The average molecular weight is 411 g/mol. The van der Waals surface area contributed by atoms with Crippen LogP contribution in [-0.2, 0) is 24.3 Å². The lowest BCUT2D eigenvalue weighted by Crippen LogP contribution is -2.36. The minimum absolute atomic E-state index is 0.141. The van der Waals surface area contributed by atoms with Crippen LogP contribution in [0.1, 0.15) is 44.1 Å². The van der Waals surface area contributed by atoms with Gasteiger partial charge in [0.15, 0.2) is 0 Å². The Hall–Kier alpha value is -1.48. The summed E-state index contributed by atoms with van der Waals surface area (Å²) in [5.74, 6) is -0.197. The third kappa shape index (κ3) is 5.53. The van der Waals surface area contributed by atoms with Crippen LogP contribution in [0.3, 0.4) is 0 Å². The molecule has 2 aliphatic rings. The van der Waals surface area contributed by atoms with Crippen molar-refractivity contribution in [2.24, 2.45) is 0 Å². The fraction of sp³-hybridized carbons (Fsp3) is 0.650. The lowest BCUT2D eigenvalue weighted by Gasteiger charge is -2.26. The van der Waals surface area contributed by atoms with E-state index >= 15 is 0 Å². The fourth-order valence-electron chi connectivity index (χ4n) is 3.58. The average Bonchev–Trinajstić information content (AvgIpc) is 3.21. The van der Waals surface area contributed by atoms with Crippen molar-refractivity contribution < 1.29 is 22.7 Å². The van der Waals surface area contributed by atoms with Crippen LogP contribution in [0.25, 0.3) is 0 Å². The summed E-state index contributed by atoms with van der Waals surface area (Å²) in [6.07, 6.45) is 5.27. The number of carbonyl (C=O) groups is 1. The molecule has 1 aromatic carbocycles. The highest BCUT2D eigenvalue weighted by Gasteiger charge is 2.27. The molecule has 7 nitrogen and oxygen atoms in total. The molecule has 3 rings (SSSR count). The van der Waals surface area contributed by atoms with E-state index in [-0.39, 0.29) is 23.3 Å². The summed E-state index contributed by atoms with van der Waals surface area (Å²) in [7, 11) is -3.54. The van der Waals surface area contributed by atoms with Gasteiger partial charge in [-0.2, -0.15) is 4.31 Å². The number of amides is 1. The van der Waals surface area contributed by atoms with Gasteiger partial charge in [0, 0.05) is 25.4 Å². The number of piperidine rings is 1. The van der Waals surface area contributed by atoms with E-state index in [9.17, 15) is 13.2 Å². The second kappa shape index (κ2) is 9.82. The summed E-state index contributed by atoms with van der Waals surface area (Å²) in [4.78, 5) is 12.4. The Kier molecular flexibility index (Phi) is 7.45. The fourth-order valence-corrected chi connectivity index (χ4v) is 5.35. The van der Waals surface area contributed by atoms with Gasteiger partial charge in [0.1, 0.15) is 0 Å². The standard InChI is InChI=1S/C20H30N2O5S/c1-16-7-8-17(14-19(16)28(24,25)22-10-3-2-4-11-22)21-20(23)9-13-26-15-18-6-5-12-27-18/h7-8,14,18H,2-6,9-13,15H2,1H3,(H,21,23). The second-order valence-corrected chi connectivity index (χ2v) is 9.36. The summed E-state index contributed by atoms with van der Waals surface area (Å²) in [5, 5.41) is 2.78. The van der Waals surface area contributed by atoms with E-state index in [2.05, 4.69) is 5.32 Å². The minimum atomic E-state index is -3.54. The predicted molar refractivity (Wildman–Crippen MR) is 107 cm³/mol. The zero-order valence-electron chi connectivity index (χ0n) is 16.5. The van der Waals surface area contributed by atoms with Crippen LogP contribution in [0.2, 0.25) is 0 Å². The maximum Gasteiger partial charge on any atom is 0.243 e. The molecule has 0 spiro atoms. The van der Waals surface area contributed by atoms with E-state index < -0.39 is 10.0 Å². The molecule has 1 atom stereocenters. The SMILES string of the molecule is Cc1ccc(NC(=O)CCOCC2CCCO2)cc1S(=O)(=O)N1CCCCC1. The first-order chi connectivity index (χ1) is 13.5.